The van der Waals surface area contributed by atoms with Crippen LogP contribution in [0, 0.1) is 0 Å². The van der Waals surface area contributed by atoms with Gasteiger partial charge in [0.05, 0.1) is 14.2 Å². The number of carbonyl (C=O) groups is 2. The molecule has 0 bridgehead atoms. The molecule has 24 heavy (non-hydrogen) atoms. The second-order valence-electron chi connectivity index (χ2n) is 5.34. The van der Waals surface area contributed by atoms with Gasteiger partial charge in [-0.2, -0.15) is 0 Å². The minimum Gasteiger partial charge on any atom is -0.497 e. The van der Waals surface area contributed by atoms with Gasteiger partial charge in [-0.3, -0.25) is 9.59 Å². The molecule has 0 saturated heterocycles. The van der Waals surface area contributed by atoms with E-state index in [1.165, 1.54) is 7.11 Å². The van der Waals surface area contributed by atoms with Crippen LogP contribution in [0.2, 0.25) is 0 Å². The molecule has 0 aromatic heterocycles. The molecule has 0 radical (unpaired) electrons. The predicted molar refractivity (Wildman–Crippen MR) is 92.5 cm³/mol. The molecular formula is C19H21NO4. The maximum absolute atomic E-state index is 12.6. The maximum atomic E-state index is 12.6. The standard InChI is InChI=1S/C19H21NO4/c1-20(19(22)15-7-5-9-17(13-15)23-2)16-8-4-6-14(12-16)10-11-18(21)24-3/h4-9,12-13H,10-11H2,1-3H3. The normalized spacial score (nSPS) is 10.1. The SMILES string of the molecule is COC(=O)CCc1cccc(N(C)C(=O)c2cccc(OC)c2)c1. The number of amides is 1. The summed E-state index contributed by atoms with van der Waals surface area (Å²) < 4.78 is 9.81. The van der Waals surface area contributed by atoms with Gasteiger partial charge in [0.25, 0.3) is 5.91 Å². The van der Waals surface area contributed by atoms with Gasteiger partial charge in [-0.1, -0.05) is 18.2 Å². The smallest absolute Gasteiger partial charge is 0.305 e. The number of benzene rings is 2. The first-order valence-corrected chi connectivity index (χ1v) is 7.63. The lowest BCUT2D eigenvalue weighted by Crippen LogP contribution is -2.26. The lowest BCUT2D eigenvalue weighted by Gasteiger charge is -2.18. The molecule has 1 amide bonds. The summed E-state index contributed by atoms with van der Waals surface area (Å²) in [7, 11) is 4.67. The van der Waals surface area contributed by atoms with Gasteiger partial charge in [0.2, 0.25) is 0 Å². The second-order valence-corrected chi connectivity index (χ2v) is 5.34. The zero-order chi connectivity index (χ0) is 17.5. The average molecular weight is 327 g/mol. The summed E-state index contributed by atoms with van der Waals surface area (Å²) >= 11 is 0. The first-order chi connectivity index (χ1) is 11.5. The molecule has 0 N–H and O–H groups in total. The Morgan fingerprint density at radius 1 is 1.04 bits per heavy atom. The van der Waals surface area contributed by atoms with E-state index in [1.54, 1.807) is 43.3 Å². The molecule has 5 nitrogen and oxygen atoms in total. The van der Waals surface area contributed by atoms with E-state index < -0.39 is 0 Å². The van der Waals surface area contributed by atoms with Crippen LogP contribution in [0.5, 0.6) is 5.75 Å². The monoisotopic (exact) mass is 327 g/mol. The first-order valence-electron chi connectivity index (χ1n) is 7.63. The molecule has 126 valence electrons. The van der Waals surface area contributed by atoms with Gasteiger partial charge in [0.1, 0.15) is 5.75 Å². The highest BCUT2D eigenvalue weighted by atomic mass is 16.5. The fourth-order valence-corrected chi connectivity index (χ4v) is 2.34. The van der Waals surface area contributed by atoms with Crippen molar-refractivity contribution in [1.82, 2.24) is 0 Å². The van der Waals surface area contributed by atoms with Crippen molar-refractivity contribution >= 4 is 17.6 Å². The third-order valence-corrected chi connectivity index (χ3v) is 3.76. The minimum atomic E-state index is -0.249. The Bertz CT molecular complexity index is 727. The summed E-state index contributed by atoms with van der Waals surface area (Å²) in [6, 6.07) is 14.6. The van der Waals surface area contributed by atoms with Crippen molar-refractivity contribution in [2.75, 3.05) is 26.2 Å². The Morgan fingerprint density at radius 2 is 1.79 bits per heavy atom. The molecule has 0 aliphatic carbocycles. The largest absolute Gasteiger partial charge is 0.497 e. The Morgan fingerprint density at radius 3 is 2.50 bits per heavy atom. The van der Waals surface area contributed by atoms with Gasteiger partial charge < -0.3 is 14.4 Å². The Kier molecular flexibility index (Phi) is 5.95. The summed E-state index contributed by atoms with van der Waals surface area (Å²) in [6.07, 6.45) is 0.884. The summed E-state index contributed by atoms with van der Waals surface area (Å²) in [5.74, 6) is 0.265. The van der Waals surface area contributed by atoms with Gasteiger partial charge >= 0.3 is 5.97 Å². The van der Waals surface area contributed by atoms with Gasteiger partial charge in [-0.05, 0) is 42.3 Å². The number of methoxy groups -OCH3 is 2. The van der Waals surface area contributed by atoms with Crippen molar-refractivity contribution in [3.8, 4) is 5.75 Å². The summed E-state index contributed by atoms with van der Waals surface area (Å²) in [4.78, 5) is 25.5. The van der Waals surface area contributed by atoms with Crippen LogP contribution in [0.1, 0.15) is 22.3 Å². The predicted octanol–water partition coefficient (Wildman–Crippen LogP) is 3.08. The fourth-order valence-electron chi connectivity index (χ4n) is 2.34. The molecule has 2 aromatic carbocycles. The van der Waals surface area contributed by atoms with E-state index in [-0.39, 0.29) is 11.9 Å². The van der Waals surface area contributed by atoms with Crippen LogP contribution in [0.3, 0.4) is 0 Å². The van der Waals surface area contributed by atoms with Crippen molar-refractivity contribution in [1.29, 1.82) is 0 Å². The van der Waals surface area contributed by atoms with Crippen molar-refractivity contribution in [3.05, 3.63) is 59.7 Å². The second kappa shape index (κ2) is 8.15. The van der Waals surface area contributed by atoms with Gasteiger partial charge in [-0.15, -0.1) is 0 Å². The molecule has 0 aliphatic heterocycles. The molecule has 0 unspecified atom stereocenters. The van der Waals surface area contributed by atoms with Gasteiger partial charge in [-0.25, -0.2) is 0 Å². The summed E-state index contributed by atoms with van der Waals surface area (Å²) in [5.41, 5.74) is 2.30. The number of carbonyl (C=O) groups excluding carboxylic acids is 2. The van der Waals surface area contributed by atoms with Crippen molar-refractivity contribution in [3.63, 3.8) is 0 Å². The Balaban J connectivity index is 2.14. The highest BCUT2D eigenvalue weighted by molar-refractivity contribution is 6.06. The lowest BCUT2D eigenvalue weighted by atomic mass is 10.1. The molecule has 0 heterocycles. The number of rotatable bonds is 6. The minimum absolute atomic E-state index is 0.126. The van der Waals surface area contributed by atoms with Gasteiger partial charge in [0, 0.05) is 24.7 Å². The quantitative estimate of drug-likeness (QED) is 0.765. The summed E-state index contributed by atoms with van der Waals surface area (Å²) in [6.45, 7) is 0. The van der Waals surface area contributed by atoms with Crippen LogP contribution in [-0.4, -0.2) is 33.1 Å². The van der Waals surface area contributed by atoms with Crippen LogP contribution >= 0.6 is 0 Å². The molecule has 0 spiro atoms. The number of hydrogen-bond donors (Lipinski definition) is 0. The molecule has 0 aliphatic rings. The number of nitrogens with zero attached hydrogens (tertiary/aromatic N) is 1. The number of anilines is 1. The Labute approximate surface area is 141 Å². The topological polar surface area (TPSA) is 55.8 Å². The number of aryl methyl sites for hydroxylation is 1. The Hall–Kier alpha value is -2.82. The highest BCUT2D eigenvalue weighted by Gasteiger charge is 2.14. The molecule has 0 atom stereocenters. The van der Waals surface area contributed by atoms with E-state index in [1.807, 2.05) is 24.3 Å². The third kappa shape index (κ3) is 4.35. The lowest BCUT2D eigenvalue weighted by molar-refractivity contribution is -0.140. The molecule has 0 fully saturated rings. The number of esters is 1. The third-order valence-electron chi connectivity index (χ3n) is 3.76. The average Bonchev–Trinajstić information content (AvgIpc) is 2.65. The van der Waals surface area contributed by atoms with E-state index in [9.17, 15) is 9.59 Å². The van der Waals surface area contributed by atoms with Crippen LogP contribution in [0.15, 0.2) is 48.5 Å². The molecular weight excluding hydrogens is 306 g/mol. The van der Waals surface area contributed by atoms with E-state index in [2.05, 4.69) is 4.74 Å². The number of ether oxygens (including phenoxy) is 2. The van der Waals surface area contributed by atoms with E-state index in [4.69, 9.17) is 4.74 Å². The van der Waals surface area contributed by atoms with Crippen molar-refractivity contribution < 1.29 is 19.1 Å². The fraction of sp³-hybridized carbons (Fsp3) is 0.263. The number of hydrogen-bond acceptors (Lipinski definition) is 4. The van der Waals surface area contributed by atoms with Crippen LogP contribution < -0.4 is 9.64 Å². The molecule has 0 saturated carbocycles. The van der Waals surface area contributed by atoms with Crippen LogP contribution in [0.25, 0.3) is 0 Å². The van der Waals surface area contributed by atoms with E-state index in [0.29, 0.717) is 24.2 Å². The van der Waals surface area contributed by atoms with Crippen LogP contribution in [-0.2, 0) is 16.0 Å². The van der Waals surface area contributed by atoms with Crippen LogP contribution in [0.4, 0.5) is 5.69 Å². The van der Waals surface area contributed by atoms with E-state index in [0.717, 1.165) is 11.3 Å². The zero-order valence-electron chi connectivity index (χ0n) is 14.1. The van der Waals surface area contributed by atoms with Crippen molar-refractivity contribution in [2.45, 2.75) is 12.8 Å². The first kappa shape index (κ1) is 17.5. The summed E-state index contributed by atoms with van der Waals surface area (Å²) in [5, 5.41) is 0. The molecule has 2 aromatic rings. The molecule has 5 heteroatoms. The highest BCUT2D eigenvalue weighted by Crippen LogP contribution is 2.20. The van der Waals surface area contributed by atoms with E-state index >= 15 is 0 Å². The molecule has 2 rings (SSSR count). The maximum Gasteiger partial charge on any atom is 0.305 e. The van der Waals surface area contributed by atoms with Crippen molar-refractivity contribution in [2.24, 2.45) is 0 Å². The zero-order valence-corrected chi connectivity index (χ0v) is 14.1. The van der Waals surface area contributed by atoms with Gasteiger partial charge in [0.15, 0.2) is 0 Å².